The van der Waals surface area contributed by atoms with Crippen LogP contribution in [0.15, 0.2) is 72.9 Å². The van der Waals surface area contributed by atoms with Crippen LogP contribution >= 0.6 is 0 Å². The molecule has 1 saturated heterocycles. The minimum absolute atomic E-state index is 0.00553. The Labute approximate surface area is 466 Å². The molecule has 0 bridgehead atoms. The summed E-state index contributed by atoms with van der Waals surface area (Å²) in [5, 5.41) is 50.8. The van der Waals surface area contributed by atoms with Crippen molar-refractivity contribution in [3.8, 4) is 0 Å². The maximum Gasteiger partial charge on any atom is 0.358 e. The van der Waals surface area contributed by atoms with Crippen molar-refractivity contribution in [3.63, 3.8) is 0 Å². The zero-order chi connectivity index (χ0) is 56.7. The highest BCUT2D eigenvalue weighted by Crippen LogP contribution is 2.46. The second-order valence-corrected chi connectivity index (χ2v) is 23.4. The number of carbonyl (C=O) groups excluding carboxylic acids is 3. The fourth-order valence-corrected chi connectivity index (χ4v) is 10.3. The summed E-state index contributed by atoms with van der Waals surface area (Å²) in [5.74, 6) is -2.42. The Kier molecular flexibility index (Phi) is 20.9. The van der Waals surface area contributed by atoms with Crippen LogP contribution in [0.5, 0.6) is 0 Å². The maximum atomic E-state index is 12.5. The van der Waals surface area contributed by atoms with Crippen molar-refractivity contribution in [2.75, 3.05) is 111 Å². The van der Waals surface area contributed by atoms with Crippen LogP contribution in [-0.4, -0.2) is 199 Å². The Morgan fingerprint density at radius 1 is 0.620 bits per heavy atom. The first-order chi connectivity index (χ1) is 37.8. The number of hydrogen-bond donors (Lipinski definition) is 2. The van der Waals surface area contributed by atoms with Crippen LogP contribution in [0, 0.1) is 0 Å². The standard InChI is InChI=1S/C57H87N15O7/c1-10-13-33-70(4,5)40-46-37-66(61-58-46)29-26-64(27-30-67-38-47(59-62-67)41-71(6,7)34-14-11-2)49-20-16-44(17-21-49)54-56(76)55(57(54)77)45-18-22-50(23-19-45)65(32-36-78-43-53(75)79-69-51(73)24-25-52(69)74)28-31-68-39-48(60-63-68)42-72(8,9)35-15-12-3/h16-23,37-39,54,56,76H,10-15,24-36,40-43H2,1-9H3/q+2/p+1. The van der Waals surface area contributed by atoms with E-state index in [0.29, 0.717) is 62.0 Å². The molecule has 1 fully saturated rings. The Morgan fingerprint density at radius 3 is 1.43 bits per heavy atom. The number of unbranched alkanes of at least 4 members (excludes halogenated alkanes) is 3. The number of nitrogens with zero attached hydrogens (tertiary/aromatic N) is 15. The zero-order valence-corrected chi connectivity index (χ0v) is 48.4. The smallest absolute Gasteiger partial charge is 0.358 e. The first-order valence-corrected chi connectivity index (χ1v) is 28.3. The van der Waals surface area contributed by atoms with Gasteiger partial charge in [-0.3, -0.25) is 23.6 Å². The quantitative estimate of drug-likeness (QED) is 0.0302. The Bertz CT molecular complexity index is 2700. The van der Waals surface area contributed by atoms with Crippen LogP contribution in [0.1, 0.15) is 106 Å². The van der Waals surface area contributed by atoms with Crippen LogP contribution in [0.25, 0.3) is 5.57 Å². The summed E-state index contributed by atoms with van der Waals surface area (Å²) in [6.45, 7) is 15.9. The molecule has 0 saturated carbocycles. The highest BCUT2D eigenvalue weighted by molar-refractivity contribution is 6.01. The third kappa shape index (κ3) is 17.2. The summed E-state index contributed by atoms with van der Waals surface area (Å²) in [5.41, 5.74) is 6.66. The molecule has 0 radical (unpaired) electrons. The first kappa shape index (κ1) is 60.1. The van der Waals surface area contributed by atoms with E-state index in [9.17, 15) is 24.6 Å². The van der Waals surface area contributed by atoms with Crippen LogP contribution < -0.4 is 9.80 Å². The van der Waals surface area contributed by atoms with Gasteiger partial charge in [-0.15, -0.1) is 20.4 Å². The molecule has 79 heavy (non-hydrogen) atoms. The fraction of sp³-hybridized carbons (Fsp3) is 0.596. The second-order valence-electron chi connectivity index (χ2n) is 23.4. The number of imide groups is 1. The molecule has 430 valence electrons. The van der Waals surface area contributed by atoms with Gasteiger partial charge < -0.3 is 43.0 Å². The van der Waals surface area contributed by atoms with Crippen molar-refractivity contribution >= 4 is 34.7 Å². The van der Waals surface area contributed by atoms with Gasteiger partial charge in [0.2, 0.25) is 0 Å². The lowest BCUT2D eigenvalue weighted by molar-refractivity contribution is -0.904. The molecule has 22 nitrogen and oxygen atoms in total. The summed E-state index contributed by atoms with van der Waals surface area (Å²) in [4.78, 5) is 45.7. The molecule has 22 heteroatoms. The van der Waals surface area contributed by atoms with Gasteiger partial charge in [-0.25, -0.2) is 4.79 Å². The molecule has 2 N–H and O–H groups in total. The van der Waals surface area contributed by atoms with Crippen molar-refractivity contribution in [3.05, 3.63) is 101 Å². The number of amides is 2. The van der Waals surface area contributed by atoms with Crippen LogP contribution in [0.4, 0.5) is 11.4 Å². The number of ether oxygens (including phenoxy) is 1. The molecule has 0 spiro atoms. The van der Waals surface area contributed by atoms with E-state index in [1.54, 1.807) is 0 Å². The average Bonchev–Trinajstić information content (AvgIpc) is 4.38. The van der Waals surface area contributed by atoms with E-state index < -0.39 is 36.4 Å². The number of aliphatic hydroxyl groups is 2. The van der Waals surface area contributed by atoms with Gasteiger partial charge in [-0.05, 0) is 54.7 Å². The van der Waals surface area contributed by atoms with Crippen molar-refractivity contribution < 1.29 is 47.6 Å². The molecule has 1 aliphatic heterocycles. The van der Waals surface area contributed by atoms with E-state index in [1.165, 1.54) is 0 Å². The van der Waals surface area contributed by atoms with E-state index >= 15 is 0 Å². The largest absolute Gasteiger partial charge is 0.511 e. The lowest BCUT2D eigenvalue weighted by Gasteiger charge is -2.36. The van der Waals surface area contributed by atoms with Crippen molar-refractivity contribution in [1.82, 2.24) is 50.0 Å². The maximum absolute atomic E-state index is 12.5. The van der Waals surface area contributed by atoms with E-state index in [1.807, 2.05) is 68.8 Å². The number of carbonyl (C=O) groups is 3. The Balaban J connectivity index is 1.02. The molecule has 1 aliphatic carbocycles. The molecular weight excluding hydrogens is 1010 g/mol. The highest BCUT2D eigenvalue weighted by Gasteiger charge is 2.41. The van der Waals surface area contributed by atoms with E-state index in [0.717, 1.165) is 125 Å². The summed E-state index contributed by atoms with van der Waals surface area (Å²) in [7, 11) is 13.3. The van der Waals surface area contributed by atoms with Gasteiger partial charge in [0.15, 0.2) is 0 Å². The lowest BCUT2D eigenvalue weighted by atomic mass is 9.73. The molecule has 3 aromatic heterocycles. The third-order valence-corrected chi connectivity index (χ3v) is 14.9. The third-order valence-electron chi connectivity index (χ3n) is 14.9. The number of benzene rings is 2. The molecule has 2 aromatic carbocycles. The van der Waals surface area contributed by atoms with Crippen molar-refractivity contribution in [1.29, 1.82) is 0 Å². The number of hydrogen-bond acceptors (Lipinski definition) is 15. The van der Waals surface area contributed by atoms with Crippen LogP contribution in [0.2, 0.25) is 0 Å². The van der Waals surface area contributed by atoms with Crippen LogP contribution in [0.3, 0.4) is 0 Å². The summed E-state index contributed by atoms with van der Waals surface area (Å²) < 4.78 is 13.9. The number of quaternary nitrogens is 3. The molecule has 7 rings (SSSR count). The average molecular weight is 1100 g/mol. The highest BCUT2D eigenvalue weighted by atomic mass is 16.7. The zero-order valence-electron chi connectivity index (χ0n) is 48.4. The summed E-state index contributed by atoms with van der Waals surface area (Å²) in [6.07, 6.45) is 12.1. The number of anilines is 2. The van der Waals surface area contributed by atoms with Gasteiger partial charge in [0.1, 0.15) is 49.1 Å². The summed E-state index contributed by atoms with van der Waals surface area (Å²) in [6, 6.07) is 15.7. The van der Waals surface area contributed by atoms with E-state index in [2.05, 4.69) is 116 Å². The minimum atomic E-state index is -0.936. The molecule has 2 atom stereocenters. The van der Waals surface area contributed by atoms with Gasteiger partial charge in [-0.2, -0.15) is 0 Å². The molecule has 2 amide bonds. The molecule has 2 unspecified atom stereocenters. The van der Waals surface area contributed by atoms with E-state index in [-0.39, 0.29) is 25.2 Å². The number of rotatable bonds is 34. The summed E-state index contributed by atoms with van der Waals surface area (Å²) >= 11 is 0. The fourth-order valence-electron chi connectivity index (χ4n) is 10.3. The van der Waals surface area contributed by atoms with Gasteiger partial charge in [0.25, 0.3) is 11.8 Å². The Morgan fingerprint density at radius 2 is 1.03 bits per heavy atom. The number of aliphatic hydroxyl groups excluding tert-OH is 2. The molecule has 2 aliphatic rings. The monoisotopic (exact) mass is 1090 g/mol. The SMILES string of the molecule is CCCC[N+](C)(C)Cc1cn(CCN(CCOCC(=O)ON2C(=O)CCC2=O)c2ccc(C3=C(O)C(c4ccc(N(CCn5cc(C[N+](C)(C)CCCC)nn5)CCn5cc(C[N+](C)(C)CCCC)nn5)cc4)C3O)cc2)nn1. The topological polar surface area (TPSA) is 212 Å². The first-order valence-electron chi connectivity index (χ1n) is 28.3. The van der Waals surface area contributed by atoms with E-state index in [4.69, 9.17) is 9.57 Å². The van der Waals surface area contributed by atoms with Gasteiger partial charge >= 0.3 is 5.97 Å². The molecule has 4 heterocycles. The normalized spacial score (nSPS) is 16.1. The predicted molar refractivity (Wildman–Crippen MR) is 300 cm³/mol. The van der Waals surface area contributed by atoms with Gasteiger partial charge in [0.05, 0.1) is 119 Å². The van der Waals surface area contributed by atoms with Crippen molar-refractivity contribution in [2.45, 2.75) is 123 Å². The minimum Gasteiger partial charge on any atom is -0.511 e. The molecule has 5 aromatic rings. The van der Waals surface area contributed by atoms with Gasteiger partial charge in [-0.1, -0.05) is 79.9 Å². The number of hydroxylamine groups is 2. The van der Waals surface area contributed by atoms with Crippen LogP contribution in [-0.2, 0) is 63.2 Å². The lowest BCUT2D eigenvalue weighted by Crippen LogP contribution is -2.39. The molecular formula is C57H88N15O7+3. The number of aromatic nitrogens is 9. The van der Waals surface area contributed by atoms with Crippen molar-refractivity contribution in [2.24, 2.45) is 0 Å². The Hall–Kier alpha value is -6.59. The second kappa shape index (κ2) is 27.5. The van der Waals surface area contributed by atoms with Gasteiger partial charge in [0, 0.05) is 56.0 Å². The predicted octanol–water partition coefficient (Wildman–Crippen LogP) is 5.36.